The van der Waals surface area contributed by atoms with Crippen LogP contribution in [0.4, 0.5) is 4.79 Å². The molecule has 1 aromatic rings. The number of carbonyl (C=O) groups excluding carboxylic acids is 3. The molecule has 2 spiro atoms. The van der Waals surface area contributed by atoms with Crippen LogP contribution in [-0.4, -0.2) is 72.1 Å². The molecule has 33 heavy (non-hydrogen) atoms. The van der Waals surface area contributed by atoms with Gasteiger partial charge in [-0.1, -0.05) is 30.3 Å². The van der Waals surface area contributed by atoms with E-state index in [0.717, 1.165) is 37.9 Å². The first-order valence-corrected chi connectivity index (χ1v) is 11.3. The second-order valence-electron chi connectivity index (χ2n) is 9.42. The maximum atomic E-state index is 12.8. The number of nitrogens with zero attached hydrogens (tertiary/aromatic N) is 2. The van der Waals surface area contributed by atoms with Crippen LogP contribution in [0.3, 0.4) is 0 Å². The van der Waals surface area contributed by atoms with Gasteiger partial charge in [-0.05, 0) is 44.3 Å². The Morgan fingerprint density at radius 2 is 1.64 bits per heavy atom. The molecule has 2 N–H and O–H groups in total. The summed E-state index contributed by atoms with van der Waals surface area (Å²) in [6.45, 7) is 4.27. The molecular formula is C23H32Cl2N4O4. The first-order chi connectivity index (χ1) is 15.0. The smallest absolute Gasteiger partial charge is 0.325 e. The summed E-state index contributed by atoms with van der Waals surface area (Å²) in [6, 6.07) is 9.47. The van der Waals surface area contributed by atoms with Gasteiger partial charge in [-0.15, -0.1) is 24.8 Å². The minimum absolute atomic E-state index is 0. The normalized spacial score (nSPS) is 26.0. The number of cyclic esters (lactones) is 1. The Balaban J connectivity index is 0.00000153. The van der Waals surface area contributed by atoms with Crippen molar-refractivity contribution in [1.29, 1.82) is 0 Å². The Morgan fingerprint density at radius 3 is 2.30 bits per heavy atom. The SMILES string of the molecule is Cl.Cl.O=C1NC(=O)C2(CCN(CC3CC4(CCNCC4)C(=O)O3)CC2)N1Cc1ccccc1. The van der Waals surface area contributed by atoms with Crippen LogP contribution < -0.4 is 10.6 Å². The van der Waals surface area contributed by atoms with Crippen LogP contribution >= 0.6 is 24.8 Å². The van der Waals surface area contributed by atoms with Gasteiger partial charge in [-0.25, -0.2) is 4.79 Å². The van der Waals surface area contributed by atoms with E-state index in [9.17, 15) is 14.4 Å². The van der Waals surface area contributed by atoms with Gasteiger partial charge in [0.05, 0.1) is 5.41 Å². The molecule has 4 aliphatic heterocycles. The van der Waals surface area contributed by atoms with Gasteiger partial charge in [0.15, 0.2) is 0 Å². The summed E-state index contributed by atoms with van der Waals surface area (Å²) in [5.74, 6) is -0.226. The molecule has 1 atom stereocenters. The van der Waals surface area contributed by atoms with Crippen molar-refractivity contribution < 1.29 is 19.1 Å². The first-order valence-electron chi connectivity index (χ1n) is 11.3. The molecule has 3 amide bonds. The summed E-state index contributed by atoms with van der Waals surface area (Å²) in [5.41, 5.74) is -0.0808. The molecule has 10 heteroatoms. The summed E-state index contributed by atoms with van der Waals surface area (Å²) < 4.78 is 5.76. The van der Waals surface area contributed by atoms with E-state index in [0.29, 0.717) is 39.0 Å². The van der Waals surface area contributed by atoms with E-state index >= 15 is 0 Å². The minimum atomic E-state index is -0.786. The summed E-state index contributed by atoms with van der Waals surface area (Å²) in [4.78, 5) is 41.9. The molecule has 4 heterocycles. The fourth-order valence-electron chi connectivity index (χ4n) is 5.73. The van der Waals surface area contributed by atoms with E-state index in [2.05, 4.69) is 15.5 Å². The molecule has 1 unspecified atom stereocenters. The standard InChI is InChI=1S/C23H30N4O4.2ClH/c28-19-23(27(21(30)25-19)15-17-4-2-1-3-5-17)8-12-26(13-9-23)16-18-14-22(20(29)31-18)6-10-24-11-7-22;;/h1-5,18,24H,6-16H2,(H,25,28,30);2*1H. The van der Waals surface area contributed by atoms with Crippen LogP contribution in [0.2, 0.25) is 0 Å². The molecule has 1 aromatic carbocycles. The monoisotopic (exact) mass is 498 g/mol. The number of carbonyl (C=O) groups is 3. The number of rotatable bonds is 4. The molecule has 0 saturated carbocycles. The molecular weight excluding hydrogens is 467 g/mol. The van der Waals surface area contributed by atoms with Crippen LogP contribution in [0.15, 0.2) is 30.3 Å². The van der Waals surface area contributed by atoms with Crippen LogP contribution in [0.25, 0.3) is 0 Å². The van der Waals surface area contributed by atoms with E-state index in [1.54, 1.807) is 4.90 Å². The van der Waals surface area contributed by atoms with Gasteiger partial charge in [-0.3, -0.25) is 19.8 Å². The Hall–Kier alpha value is -1.87. The number of halogens is 2. The number of ether oxygens (including phenoxy) is 1. The summed E-state index contributed by atoms with van der Waals surface area (Å²) >= 11 is 0. The lowest BCUT2D eigenvalue weighted by Gasteiger charge is -2.42. The first kappa shape index (κ1) is 25.7. The highest BCUT2D eigenvalue weighted by molar-refractivity contribution is 6.07. The molecule has 0 aromatic heterocycles. The van der Waals surface area contributed by atoms with Gasteiger partial charge >= 0.3 is 12.0 Å². The highest BCUT2D eigenvalue weighted by atomic mass is 35.5. The third kappa shape index (κ3) is 4.71. The highest BCUT2D eigenvalue weighted by Gasteiger charge is 2.54. The maximum Gasteiger partial charge on any atom is 0.325 e. The average molecular weight is 499 g/mol. The number of benzene rings is 1. The van der Waals surface area contributed by atoms with Crippen LogP contribution in [0, 0.1) is 5.41 Å². The lowest BCUT2D eigenvalue weighted by molar-refractivity contribution is -0.150. The number of amides is 3. The van der Waals surface area contributed by atoms with E-state index in [-0.39, 0.29) is 54.2 Å². The second kappa shape index (κ2) is 10.2. The third-order valence-electron chi connectivity index (χ3n) is 7.62. The van der Waals surface area contributed by atoms with Gasteiger partial charge < -0.3 is 15.0 Å². The van der Waals surface area contributed by atoms with Gasteiger partial charge in [0.25, 0.3) is 5.91 Å². The largest absolute Gasteiger partial charge is 0.461 e. The molecule has 4 saturated heterocycles. The van der Waals surface area contributed by atoms with E-state index in [1.807, 2.05) is 30.3 Å². The van der Waals surface area contributed by atoms with Crippen LogP contribution in [0.1, 0.15) is 37.7 Å². The van der Waals surface area contributed by atoms with Gasteiger partial charge in [0, 0.05) is 32.6 Å². The van der Waals surface area contributed by atoms with Gasteiger partial charge in [0.2, 0.25) is 0 Å². The van der Waals surface area contributed by atoms with Crippen molar-refractivity contribution in [3.63, 3.8) is 0 Å². The molecule has 4 aliphatic rings. The molecule has 0 bridgehead atoms. The van der Waals surface area contributed by atoms with Crippen molar-refractivity contribution >= 4 is 42.7 Å². The lowest BCUT2D eigenvalue weighted by atomic mass is 9.76. The Bertz CT molecular complexity index is 870. The Morgan fingerprint density at radius 1 is 0.970 bits per heavy atom. The van der Waals surface area contributed by atoms with Crippen molar-refractivity contribution in [2.45, 2.75) is 50.3 Å². The zero-order valence-electron chi connectivity index (χ0n) is 18.6. The predicted octanol–water partition coefficient (Wildman–Crippen LogP) is 2.10. The third-order valence-corrected chi connectivity index (χ3v) is 7.62. The molecule has 182 valence electrons. The molecule has 0 radical (unpaired) electrons. The van der Waals surface area contributed by atoms with Crippen molar-refractivity contribution in [2.75, 3.05) is 32.7 Å². The van der Waals surface area contributed by atoms with E-state index < -0.39 is 5.54 Å². The fraction of sp³-hybridized carbons (Fsp3) is 0.609. The molecule has 8 nitrogen and oxygen atoms in total. The predicted molar refractivity (Wildman–Crippen MR) is 127 cm³/mol. The topological polar surface area (TPSA) is 91.0 Å². The van der Waals surface area contributed by atoms with Crippen molar-refractivity contribution in [1.82, 2.24) is 20.4 Å². The van der Waals surface area contributed by atoms with Crippen LogP contribution in [-0.2, 0) is 20.9 Å². The average Bonchev–Trinajstić information content (AvgIpc) is 3.19. The minimum Gasteiger partial charge on any atom is -0.461 e. The number of piperidine rings is 2. The lowest BCUT2D eigenvalue weighted by Crippen LogP contribution is -2.56. The quantitative estimate of drug-likeness (QED) is 0.487. The number of hydrogen-bond donors (Lipinski definition) is 2. The second-order valence-corrected chi connectivity index (χ2v) is 9.42. The van der Waals surface area contributed by atoms with Crippen LogP contribution in [0.5, 0.6) is 0 Å². The summed E-state index contributed by atoms with van der Waals surface area (Å²) in [7, 11) is 0. The fourth-order valence-corrected chi connectivity index (χ4v) is 5.73. The van der Waals surface area contributed by atoms with Crippen molar-refractivity contribution in [2.24, 2.45) is 5.41 Å². The number of likely N-dealkylation sites (tertiary alicyclic amines) is 1. The number of nitrogens with one attached hydrogen (secondary N) is 2. The summed E-state index contributed by atoms with van der Waals surface area (Å²) in [6.07, 6.45) is 3.58. The van der Waals surface area contributed by atoms with Gasteiger partial charge in [-0.2, -0.15) is 0 Å². The number of esters is 1. The van der Waals surface area contributed by atoms with Crippen molar-refractivity contribution in [3.05, 3.63) is 35.9 Å². The maximum absolute atomic E-state index is 12.8. The molecule has 5 rings (SSSR count). The number of hydrogen-bond acceptors (Lipinski definition) is 6. The molecule has 0 aliphatic carbocycles. The van der Waals surface area contributed by atoms with E-state index in [1.165, 1.54) is 0 Å². The highest BCUT2D eigenvalue weighted by Crippen LogP contribution is 2.42. The number of imide groups is 1. The number of urea groups is 1. The zero-order chi connectivity index (χ0) is 21.5. The zero-order valence-corrected chi connectivity index (χ0v) is 20.2. The molecule has 4 fully saturated rings. The van der Waals surface area contributed by atoms with Crippen molar-refractivity contribution in [3.8, 4) is 0 Å². The Labute approximate surface area is 206 Å². The Kier molecular flexibility index (Phi) is 7.94. The van der Waals surface area contributed by atoms with E-state index in [4.69, 9.17) is 4.74 Å². The summed E-state index contributed by atoms with van der Waals surface area (Å²) in [5, 5.41) is 5.86. The van der Waals surface area contributed by atoms with Gasteiger partial charge in [0.1, 0.15) is 11.6 Å².